The van der Waals surface area contributed by atoms with Crippen LogP contribution in [0.5, 0.6) is 0 Å². The number of amides is 2. The van der Waals surface area contributed by atoms with E-state index in [9.17, 15) is 22.8 Å². The Kier molecular flexibility index (Phi) is 5.66. The number of carbonyl (C=O) groups excluding carboxylic acids is 2. The fourth-order valence-corrected chi connectivity index (χ4v) is 4.20. The van der Waals surface area contributed by atoms with Crippen LogP contribution in [0.3, 0.4) is 0 Å². The number of carbonyl (C=O) groups is 2. The third-order valence-corrected chi connectivity index (χ3v) is 5.89. The summed E-state index contributed by atoms with van der Waals surface area (Å²) in [5.41, 5.74) is 3.03. The van der Waals surface area contributed by atoms with Crippen molar-refractivity contribution in [2.24, 2.45) is 0 Å². The second kappa shape index (κ2) is 8.71. The minimum absolute atomic E-state index is 0.00102. The second-order valence-corrected chi connectivity index (χ2v) is 8.64. The molecule has 0 spiro atoms. The Morgan fingerprint density at radius 3 is 2.56 bits per heavy atom. The molecule has 0 N–H and O–H groups in total. The molecule has 0 saturated carbocycles. The van der Waals surface area contributed by atoms with Crippen molar-refractivity contribution in [3.63, 3.8) is 0 Å². The molecule has 1 aromatic carbocycles. The zero-order valence-corrected chi connectivity index (χ0v) is 19.4. The van der Waals surface area contributed by atoms with Crippen molar-refractivity contribution in [2.45, 2.75) is 26.1 Å². The Labute approximate surface area is 204 Å². The highest BCUT2D eigenvalue weighted by Gasteiger charge is 2.35. The summed E-state index contributed by atoms with van der Waals surface area (Å²) >= 11 is 0. The maximum absolute atomic E-state index is 13.4. The smallest absolute Gasteiger partial charge is 0.323 e. The predicted octanol–water partition coefficient (Wildman–Crippen LogP) is 5.55. The third-order valence-electron chi connectivity index (χ3n) is 5.89. The van der Waals surface area contributed by atoms with Gasteiger partial charge >= 0.3 is 12.2 Å². The van der Waals surface area contributed by atoms with Gasteiger partial charge in [-0.25, -0.2) is 9.78 Å². The van der Waals surface area contributed by atoms with E-state index in [1.807, 2.05) is 0 Å². The van der Waals surface area contributed by atoms with Gasteiger partial charge in [0.1, 0.15) is 11.3 Å². The van der Waals surface area contributed by atoms with Crippen molar-refractivity contribution >= 4 is 34.2 Å². The number of alkyl halides is 3. The fourth-order valence-electron chi connectivity index (χ4n) is 4.20. The van der Waals surface area contributed by atoms with Gasteiger partial charge in [0.25, 0.3) is 0 Å². The lowest BCUT2D eigenvalue weighted by Crippen LogP contribution is -2.42. The summed E-state index contributed by atoms with van der Waals surface area (Å²) in [7, 11) is 1.58. The lowest BCUT2D eigenvalue weighted by atomic mass is 10.1. The zero-order valence-electron chi connectivity index (χ0n) is 19.4. The summed E-state index contributed by atoms with van der Waals surface area (Å²) in [5.74, 6) is 0.00102. The molecule has 0 fully saturated rings. The summed E-state index contributed by atoms with van der Waals surface area (Å²) in [6, 6.07) is 11.2. The number of ketones is 1. The topological polar surface area (TPSA) is 79.3 Å². The number of urea groups is 1. The van der Waals surface area contributed by atoms with E-state index in [0.717, 1.165) is 12.1 Å². The molecule has 4 aromatic rings. The first-order chi connectivity index (χ1) is 17.1. The number of hydrogen-bond acceptors (Lipinski definition) is 5. The number of benzene rings is 1. The molecule has 36 heavy (non-hydrogen) atoms. The maximum Gasteiger partial charge on any atom is 0.416 e. The molecular formula is C26H20F3N5O2. The van der Waals surface area contributed by atoms with E-state index in [1.54, 1.807) is 43.7 Å². The molecule has 0 aliphatic carbocycles. The van der Waals surface area contributed by atoms with Crippen molar-refractivity contribution in [3.05, 3.63) is 77.7 Å². The van der Waals surface area contributed by atoms with Crippen LogP contribution in [-0.2, 0) is 23.9 Å². The molecule has 182 valence electrons. The normalized spacial score (nSPS) is 13.8. The number of fused-ring (bicyclic) bond motifs is 3. The van der Waals surface area contributed by atoms with Crippen molar-refractivity contribution in [3.8, 4) is 11.3 Å². The van der Waals surface area contributed by atoms with Gasteiger partial charge in [-0.15, -0.1) is 0 Å². The SMILES string of the molecule is CC(=O)Cc1ccc(-c2ccc3ncc4c(c3n2)N(c2cccc(C(F)(F)F)c2)C(=O)N(C)C4)cn1. The number of anilines is 2. The highest BCUT2D eigenvalue weighted by Crippen LogP contribution is 2.40. The summed E-state index contributed by atoms with van der Waals surface area (Å²) < 4.78 is 40.3. The van der Waals surface area contributed by atoms with Crippen LogP contribution >= 0.6 is 0 Å². The number of hydrogen-bond donors (Lipinski definition) is 0. The summed E-state index contributed by atoms with van der Waals surface area (Å²) in [5, 5.41) is 0. The second-order valence-electron chi connectivity index (χ2n) is 8.64. The Morgan fingerprint density at radius 1 is 1.06 bits per heavy atom. The molecule has 2 amide bonds. The molecule has 1 aliphatic heterocycles. The Balaban J connectivity index is 1.67. The summed E-state index contributed by atoms with van der Waals surface area (Å²) in [6.45, 7) is 1.73. The van der Waals surface area contributed by atoms with E-state index in [4.69, 9.17) is 4.98 Å². The average molecular weight is 491 g/mol. The van der Waals surface area contributed by atoms with Crippen LogP contribution in [0, 0.1) is 0 Å². The summed E-state index contributed by atoms with van der Waals surface area (Å²) in [6.07, 6.45) is -1.11. The lowest BCUT2D eigenvalue weighted by Gasteiger charge is -2.35. The van der Waals surface area contributed by atoms with E-state index < -0.39 is 17.8 Å². The molecule has 3 aromatic heterocycles. The molecule has 0 bridgehead atoms. The quantitative estimate of drug-likeness (QED) is 0.374. The van der Waals surface area contributed by atoms with Crippen LogP contribution in [-0.4, -0.2) is 38.7 Å². The van der Waals surface area contributed by atoms with Crippen LogP contribution in [0.25, 0.3) is 22.3 Å². The molecular weight excluding hydrogens is 471 g/mol. The number of halogens is 3. The summed E-state index contributed by atoms with van der Waals surface area (Å²) in [4.78, 5) is 40.8. The average Bonchev–Trinajstić information content (AvgIpc) is 2.84. The van der Waals surface area contributed by atoms with E-state index in [2.05, 4.69) is 9.97 Å². The van der Waals surface area contributed by atoms with E-state index in [0.29, 0.717) is 39.2 Å². The maximum atomic E-state index is 13.4. The zero-order chi connectivity index (χ0) is 25.6. The molecule has 0 radical (unpaired) electrons. The minimum atomic E-state index is -4.56. The molecule has 0 unspecified atom stereocenters. The Bertz CT molecular complexity index is 1500. The van der Waals surface area contributed by atoms with E-state index >= 15 is 0 Å². The van der Waals surface area contributed by atoms with Gasteiger partial charge in [-0.2, -0.15) is 13.2 Å². The molecule has 1 aliphatic rings. The molecule has 0 saturated heterocycles. The van der Waals surface area contributed by atoms with E-state index in [-0.39, 0.29) is 24.4 Å². The van der Waals surface area contributed by atoms with Gasteiger partial charge in [-0.3, -0.25) is 19.7 Å². The highest BCUT2D eigenvalue weighted by molar-refractivity contribution is 6.08. The number of Topliss-reactive ketones (excluding diaryl/α,β-unsaturated/α-hetero) is 1. The number of rotatable bonds is 4. The monoisotopic (exact) mass is 491 g/mol. The van der Waals surface area contributed by atoms with Gasteiger partial charge in [-0.05, 0) is 49.4 Å². The Hall–Kier alpha value is -4.34. The van der Waals surface area contributed by atoms with Crippen LogP contribution in [0.2, 0.25) is 0 Å². The van der Waals surface area contributed by atoms with Gasteiger partial charge in [-0.1, -0.05) is 6.07 Å². The van der Waals surface area contributed by atoms with Crippen molar-refractivity contribution in [1.29, 1.82) is 0 Å². The fraction of sp³-hybridized carbons (Fsp3) is 0.192. The van der Waals surface area contributed by atoms with Crippen molar-refractivity contribution < 1.29 is 22.8 Å². The number of aromatic nitrogens is 3. The largest absolute Gasteiger partial charge is 0.416 e. The predicted molar refractivity (Wildman–Crippen MR) is 128 cm³/mol. The minimum Gasteiger partial charge on any atom is -0.323 e. The van der Waals surface area contributed by atoms with Gasteiger partial charge in [0.05, 0.1) is 34.7 Å². The molecule has 10 heteroatoms. The van der Waals surface area contributed by atoms with Crippen LogP contribution in [0.1, 0.15) is 23.7 Å². The standard InChI is InChI=1S/C26H20F3N5O2/c1-15(35)10-19-7-6-16(12-30-19)21-8-9-22-23(32-21)24-17(13-31-22)14-33(2)25(36)34(24)20-5-3-4-18(11-20)26(27,28)29/h3-9,11-13H,10,14H2,1-2H3. The first-order valence-electron chi connectivity index (χ1n) is 11.1. The van der Waals surface area contributed by atoms with Crippen molar-refractivity contribution in [1.82, 2.24) is 19.9 Å². The number of nitrogens with zero attached hydrogens (tertiary/aromatic N) is 5. The van der Waals surface area contributed by atoms with Gasteiger partial charge in [0.2, 0.25) is 0 Å². The first-order valence-corrected chi connectivity index (χ1v) is 11.1. The van der Waals surface area contributed by atoms with Gasteiger partial charge in [0.15, 0.2) is 0 Å². The van der Waals surface area contributed by atoms with E-state index in [1.165, 1.54) is 28.9 Å². The van der Waals surface area contributed by atoms with Crippen molar-refractivity contribution in [2.75, 3.05) is 11.9 Å². The Morgan fingerprint density at radius 2 is 1.86 bits per heavy atom. The van der Waals surface area contributed by atoms with Gasteiger partial charge in [0, 0.05) is 42.7 Å². The number of pyridine rings is 3. The third kappa shape index (κ3) is 4.26. The molecule has 0 atom stereocenters. The molecule has 4 heterocycles. The van der Waals surface area contributed by atoms with Crippen LogP contribution < -0.4 is 4.90 Å². The van der Waals surface area contributed by atoms with Crippen LogP contribution in [0.4, 0.5) is 29.3 Å². The highest BCUT2D eigenvalue weighted by atomic mass is 19.4. The first kappa shape index (κ1) is 23.4. The lowest BCUT2D eigenvalue weighted by molar-refractivity contribution is -0.137. The molecule has 5 rings (SSSR count). The molecule has 7 nitrogen and oxygen atoms in total. The van der Waals surface area contributed by atoms with Gasteiger partial charge < -0.3 is 4.90 Å². The van der Waals surface area contributed by atoms with Crippen LogP contribution in [0.15, 0.2) is 60.9 Å².